The van der Waals surface area contributed by atoms with Crippen LogP contribution in [0.3, 0.4) is 0 Å². The summed E-state index contributed by atoms with van der Waals surface area (Å²) in [5, 5.41) is 0. The molecule has 0 N–H and O–H groups in total. The first-order valence-corrected chi connectivity index (χ1v) is 8.47. The molecule has 0 saturated carbocycles. The van der Waals surface area contributed by atoms with E-state index < -0.39 is 0 Å². The summed E-state index contributed by atoms with van der Waals surface area (Å²) in [5.41, 5.74) is 2.58. The zero-order valence-electron chi connectivity index (χ0n) is 15.6. The first kappa shape index (κ1) is 19.4. The van der Waals surface area contributed by atoms with E-state index in [1.165, 1.54) is 5.56 Å². The minimum Gasteiger partial charge on any atom is -0.295 e. The van der Waals surface area contributed by atoms with E-state index in [2.05, 4.69) is 72.4 Å². The predicted octanol–water partition coefficient (Wildman–Crippen LogP) is 6.10. The molecule has 0 aliphatic rings. The van der Waals surface area contributed by atoms with E-state index in [1.54, 1.807) is 6.08 Å². The Morgan fingerprint density at radius 2 is 1.70 bits per heavy atom. The van der Waals surface area contributed by atoms with Crippen LogP contribution < -0.4 is 0 Å². The lowest BCUT2D eigenvalue weighted by Gasteiger charge is -2.28. The van der Waals surface area contributed by atoms with Crippen molar-refractivity contribution in [3.63, 3.8) is 0 Å². The second-order valence-corrected chi connectivity index (χ2v) is 8.41. The molecule has 1 atom stereocenters. The molecule has 0 aliphatic heterocycles. The molecule has 126 valence electrons. The number of benzene rings is 1. The highest BCUT2D eigenvalue weighted by atomic mass is 16.1. The molecule has 1 heteroatoms. The van der Waals surface area contributed by atoms with E-state index >= 15 is 0 Å². The van der Waals surface area contributed by atoms with Gasteiger partial charge in [0.25, 0.3) is 0 Å². The number of carbonyl (C=O) groups excluding carboxylic acids is 1. The van der Waals surface area contributed by atoms with Gasteiger partial charge in [0.2, 0.25) is 0 Å². The lowest BCUT2D eigenvalue weighted by molar-refractivity contribution is -0.116. The van der Waals surface area contributed by atoms with Gasteiger partial charge in [0, 0.05) is 6.42 Å². The van der Waals surface area contributed by atoms with E-state index in [9.17, 15) is 4.79 Å². The maximum absolute atomic E-state index is 11.9. The molecule has 0 bridgehead atoms. The van der Waals surface area contributed by atoms with Gasteiger partial charge in [0.05, 0.1) is 0 Å². The van der Waals surface area contributed by atoms with Gasteiger partial charge in [-0.3, -0.25) is 4.79 Å². The molecule has 0 aliphatic carbocycles. The van der Waals surface area contributed by atoms with Crippen molar-refractivity contribution in [3.8, 4) is 0 Å². The molecule has 23 heavy (non-hydrogen) atoms. The van der Waals surface area contributed by atoms with Gasteiger partial charge in [-0.05, 0) is 40.4 Å². The van der Waals surface area contributed by atoms with Crippen LogP contribution in [-0.4, -0.2) is 5.78 Å². The van der Waals surface area contributed by atoms with Gasteiger partial charge in [0.15, 0.2) is 5.78 Å². The van der Waals surface area contributed by atoms with Gasteiger partial charge < -0.3 is 0 Å². The highest BCUT2D eigenvalue weighted by molar-refractivity contribution is 5.93. The van der Waals surface area contributed by atoms with Crippen LogP contribution in [0.5, 0.6) is 0 Å². The SMILES string of the molecule is C=CC(C)(C)C(C)Cc1ccc(/C=C/C(=O)CC(C)(C)C)cc1. The standard InChI is InChI=1S/C22H32O/c1-8-22(6,7)17(2)15-19-11-9-18(10-12-19)13-14-20(23)16-21(3,4)5/h8-14,17H,1,15-16H2,2-7H3/b14-13+. The topological polar surface area (TPSA) is 17.1 Å². The van der Waals surface area contributed by atoms with E-state index in [1.807, 2.05) is 12.2 Å². The van der Waals surface area contributed by atoms with Gasteiger partial charge in [0.1, 0.15) is 0 Å². The number of ketones is 1. The number of allylic oxidation sites excluding steroid dienone is 2. The van der Waals surface area contributed by atoms with E-state index in [-0.39, 0.29) is 16.6 Å². The van der Waals surface area contributed by atoms with Crippen molar-refractivity contribution in [3.05, 3.63) is 54.1 Å². The third-order valence-corrected chi connectivity index (χ3v) is 4.48. The third-order valence-electron chi connectivity index (χ3n) is 4.48. The Morgan fingerprint density at radius 1 is 1.13 bits per heavy atom. The molecular formula is C22H32O. The molecule has 1 nitrogen and oxygen atoms in total. The maximum atomic E-state index is 11.9. The smallest absolute Gasteiger partial charge is 0.156 e. The summed E-state index contributed by atoms with van der Waals surface area (Å²) in [6, 6.07) is 8.49. The second kappa shape index (κ2) is 7.77. The van der Waals surface area contributed by atoms with Crippen LogP contribution in [0.25, 0.3) is 6.08 Å². The van der Waals surface area contributed by atoms with Crippen LogP contribution in [0.2, 0.25) is 0 Å². The fourth-order valence-electron chi connectivity index (χ4n) is 2.35. The van der Waals surface area contributed by atoms with Crippen molar-refractivity contribution in [2.45, 2.75) is 54.4 Å². The highest BCUT2D eigenvalue weighted by Crippen LogP contribution is 2.30. The quantitative estimate of drug-likeness (QED) is 0.439. The Hall–Kier alpha value is -1.63. The van der Waals surface area contributed by atoms with Crippen LogP contribution in [0, 0.1) is 16.7 Å². The Morgan fingerprint density at radius 3 is 2.17 bits per heavy atom. The molecule has 0 amide bonds. The second-order valence-electron chi connectivity index (χ2n) is 8.41. The first-order valence-electron chi connectivity index (χ1n) is 8.47. The van der Waals surface area contributed by atoms with Crippen molar-refractivity contribution in [2.75, 3.05) is 0 Å². The summed E-state index contributed by atoms with van der Waals surface area (Å²) in [7, 11) is 0. The molecule has 0 heterocycles. The van der Waals surface area contributed by atoms with Gasteiger partial charge in [-0.15, -0.1) is 6.58 Å². The lowest BCUT2D eigenvalue weighted by atomic mass is 9.77. The molecule has 0 spiro atoms. The molecule has 0 fully saturated rings. The van der Waals surface area contributed by atoms with Crippen LogP contribution in [0.4, 0.5) is 0 Å². The number of rotatable bonds is 7. The Bertz CT molecular complexity index is 553. The number of carbonyl (C=O) groups is 1. The van der Waals surface area contributed by atoms with Crippen LogP contribution in [0.15, 0.2) is 43.0 Å². The third kappa shape index (κ3) is 6.99. The highest BCUT2D eigenvalue weighted by Gasteiger charge is 2.22. The van der Waals surface area contributed by atoms with E-state index in [0.29, 0.717) is 12.3 Å². The van der Waals surface area contributed by atoms with E-state index in [4.69, 9.17) is 0 Å². The predicted molar refractivity (Wildman–Crippen MR) is 101 cm³/mol. The largest absolute Gasteiger partial charge is 0.295 e. The summed E-state index contributed by atoms with van der Waals surface area (Å²) in [5.74, 6) is 0.720. The van der Waals surface area contributed by atoms with Gasteiger partial charge in [-0.25, -0.2) is 0 Å². The van der Waals surface area contributed by atoms with Crippen molar-refractivity contribution in [1.29, 1.82) is 0 Å². The molecule has 1 aromatic rings. The van der Waals surface area contributed by atoms with Gasteiger partial charge >= 0.3 is 0 Å². The van der Waals surface area contributed by atoms with Crippen molar-refractivity contribution < 1.29 is 4.79 Å². The van der Waals surface area contributed by atoms with Crippen LogP contribution >= 0.6 is 0 Å². The molecule has 1 unspecified atom stereocenters. The average molecular weight is 312 g/mol. The fourth-order valence-corrected chi connectivity index (χ4v) is 2.35. The number of hydrogen-bond donors (Lipinski definition) is 0. The minimum absolute atomic E-state index is 0.0410. The first-order chi connectivity index (χ1) is 10.5. The minimum atomic E-state index is 0.0410. The summed E-state index contributed by atoms with van der Waals surface area (Å²) >= 11 is 0. The molecule has 0 radical (unpaired) electrons. The van der Waals surface area contributed by atoms with Gasteiger partial charge in [-0.2, -0.15) is 0 Å². The normalized spacial score (nSPS) is 14.0. The number of hydrogen-bond acceptors (Lipinski definition) is 1. The molecule has 0 saturated heterocycles. The fraction of sp³-hybridized carbons (Fsp3) is 0.500. The molecular weight excluding hydrogens is 280 g/mol. The van der Waals surface area contributed by atoms with Crippen molar-refractivity contribution in [1.82, 2.24) is 0 Å². The van der Waals surface area contributed by atoms with Crippen LogP contribution in [0.1, 0.15) is 59.1 Å². The Balaban J connectivity index is 2.67. The molecule has 0 aromatic heterocycles. The van der Waals surface area contributed by atoms with Crippen molar-refractivity contribution in [2.24, 2.45) is 16.7 Å². The van der Waals surface area contributed by atoms with Gasteiger partial charge in [-0.1, -0.05) is 78.0 Å². The Kier molecular flexibility index (Phi) is 6.56. The van der Waals surface area contributed by atoms with E-state index in [0.717, 1.165) is 12.0 Å². The Labute approximate surface area is 142 Å². The van der Waals surface area contributed by atoms with Crippen LogP contribution in [-0.2, 0) is 11.2 Å². The zero-order valence-corrected chi connectivity index (χ0v) is 15.6. The summed E-state index contributed by atoms with van der Waals surface area (Å²) in [6.45, 7) is 16.9. The maximum Gasteiger partial charge on any atom is 0.156 e. The summed E-state index contributed by atoms with van der Waals surface area (Å²) in [6.07, 6.45) is 7.26. The summed E-state index contributed by atoms with van der Waals surface area (Å²) < 4.78 is 0. The molecule has 1 rings (SSSR count). The molecule has 1 aromatic carbocycles. The lowest BCUT2D eigenvalue weighted by Crippen LogP contribution is -2.20. The zero-order chi connectivity index (χ0) is 17.7. The monoisotopic (exact) mass is 312 g/mol. The summed E-state index contributed by atoms with van der Waals surface area (Å²) in [4.78, 5) is 11.9. The van der Waals surface area contributed by atoms with Crippen molar-refractivity contribution >= 4 is 11.9 Å². The average Bonchev–Trinajstić information content (AvgIpc) is 2.44.